The highest BCUT2D eigenvalue weighted by Gasteiger charge is 2.27. The molecule has 0 bridgehead atoms. The zero-order chi connectivity index (χ0) is 26.6. The molecule has 0 aliphatic rings. The zero-order valence-electron chi connectivity index (χ0n) is 19.9. The van der Waals surface area contributed by atoms with Crippen molar-refractivity contribution in [1.82, 2.24) is 14.7 Å². The maximum atomic E-state index is 13.0. The quantitative estimate of drug-likeness (QED) is 0.234. The summed E-state index contributed by atoms with van der Waals surface area (Å²) < 4.78 is 6.55. The third-order valence-electron chi connectivity index (χ3n) is 5.30. The number of thiocarbonyl (C=S) groups is 1. The summed E-state index contributed by atoms with van der Waals surface area (Å²) in [5.74, 6) is -0.427. The maximum absolute atomic E-state index is 13.0. The van der Waals surface area contributed by atoms with E-state index in [0.29, 0.717) is 56.0 Å². The lowest BCUT2D eigenvalue weighted by molar-refractivity contribution is 0.0601. The molecule has 0 unspecified atom stereocenters. The first-order valence-electron chi connectivity index (χ1n) is 10.8. The van der Waals surface area contributed by atoms with E-state index in [-0.39, 0.29) is 16.6 Å². The molecule has 192 valence electrons. The average Bonchev–Trinajstić information content (AvgIpc) is 3.34. The van der Waals surface area contributed by atoms with Crippen molar-refractivity contribution in [3.63, 3.8) is 0 Å². The van der Waals surface area contributed by atoms with Gasteiger partial charge in [0.25, 0.3) is 5.91 Å². The fraction of sp³-hybridized carbons (Fsp3) is 0.304. The molecule has 8 nitrogen and oxygen atoms in total. The van der Waals surface area contributed by atoms with Crippen LogP contribution in [0.4, 0.5) is 10.8 Å². The highest BCUT2D eigenvalue weighted by Crippen LogP contribution is 2.35. The van der Waals surface area contributed by atoms with Gasteiger partial charge in [-0.05, 0) is 56.2 Å². The molecule has 3 rings (SSSR count). The fourth-order valence-electron chi connectivity index (χ4n) is 3.44. The van der Waals surface area contributed by atoms with Gasteiger partial charge in [-0.15, -0.1) is 11.3 Å². The summed E-state index contributed by atoms with van der Waals surface area (Å²) in [4.78, 5) is 27.6. The Kier molecular flexibility index (Phi) is 9.59. The SMILES string of the molecule is CCN(CC)C(=O)c1sc(NC(=S)Nc2nn(Cc3ccc(Cl)cc3Cl)cc2Cl)c(C(=O)OC)c1C. The predicted octanol–water partition coefficient (Wildman–Crippen LogP) is 6.34. The number of amides is 1. The number of hydrogen-bond acceptors (Lipinski definition) is 6. The molecule has 13 heteroatoms. The van der Waals surface area contributed by atoms with Crippen molar-refractivity contribution in [2.75, 3.05) is 30.8 Å². The number of carbonyl (C=O) groups excluding carboxylic acids is 2. The second-order valence-electron chi connectivity index (χ2n) is 7.57. The second-order valence-corrected chi connectivity index (χ2v) is 10.2. The van der Waals surface area contributed by atoms with E-state index in [1.165, 1.54) is 7.11 Å². The summed E-state index contributed by atoms with van der Waals surface area (Å²) in [7, 11) is 1.28. The molecule has 0 radical (unpaired) electrons. The van der Waals surface area contributed by atoms with Crippen LogP contribution in [0.15, 0.2) is 24.4 Å². The number of nitrogens with one attached hydrogen (secondary N) is 2. The van der Waals surface area contributed by atoms with Crippen molar-refractivity contribution in [2.24, 2.45) is 0 Å². The number of benzene rings is 1. The lowest BCUT2D eigenvalue weighted by Crippen LogP contribution is -2.30. The molecule has 3 aromatic rings. The van der Waals surface area contributed by atoms with Crippen LogP contribution in [0.25, 0.3) is 0 Å². The maximum Gasteiger partial charge on any atom is 0.341 e. The molecule has 1 aromatic carbocycles. The van der Waals surface area contributed by atoms with Gasteiger partial charge in [0, 0.05) is 29.3 Å². The Labute approximate surface area is 233 Å². The van der Waals surface area contributed by atoms with Crippen molar-refractivity contribution in [1.29, 1.82) is 0 Å². The molecule has 0 saturated carbocycles. The molecule has 1 amide bonds. The number of thiophene rings is 1. The van der Waals surface area contributed by atoms with E-state index in [9.17, 15) is 9.59 Å². The monoisotopic (exact) mass is 587 g/mol. The lowest BCUT2D eigenvalue weighted by Gasteiger charge is -2.17. The molecule has 0 spiro atoms. The van der Waals surface area contributed by atoms with Crippen molar-refractivity contribution in [2.45, 2.75) is 27.3 Å². The topological polar surface area (TPSA) is 88.5 Å². The summed E-state index contributed by atoms with van der Waals surface area (Å²) in [5.41, 5.74) is 1.59. The van der Waals surface area contributed by atoms with E-state index in [0.717, 1.165) is 16.9 Å². The molecule has 2 heterocycles. The van der Waals surface area contributed by atoms with Crippen molar-refractivity contribution >= 4 is 86.2 Å². The van der Waals surface area contributed by atoms with E-state index in [1.807, 2.05) is 19.9 Å². The minimum Gasteiger partial charge on any atom is -0.465 e. The van der Waals surface area contributed by atoms with Crippen LogP contribution in [0, 0.1) is 6.92 Å². The Hall–Kier alpha value is -2.37. The van der Waals surface area contributed by atoms with Gasteiger partial charge in [0.15, 0.2) is 10.9 Å². The number of anilines is 2. The molecule has 0 aliphatic carbocycles. The zero-order valence-corrected chi connectivity index (χ0v) is 23.8. The molecule has 36 heavy (non-hydrogen) atoms. The number of aromatic nitrogens is 2. The third-order valence-corrected chi connectivity index (χ3v) is 7.57. The van der Waals surface area contributed by atoms with E-state index in [1.54, 1.807) is 34.8 Å². The minimum atomic E-state index is -0.574. The van der Waals surface area contributed by atoms with Gasteiger partial charge < -0.3 is 20.3 Å². The average molecular weight is 589 g/mol. The number of esters is 1. The Balaban J connectivity index is 1.81. The van der Waals surface area contributed by atoms with Crippen LogP contribution in [0.3, 0.4) is 0 Å². The summed E-state index contributed by atoms with van der Waals surface area (Å²) >= 11 is 25.2. The summed E-state index contributed by atoms with van der Waals surface area (Å²) in [5, 5.41) is 12.3. The molecule has 0 fully saturated rings. The van der Waals surface area contributed by atoms with Gasteiger partial charge in [-0.25, -0.2) is 4.79 Å². The highest BCUT2D eigenvalue weighted by atomic mass is 35.5. The normalized spacial score (nSPS) is 10.8. The van der Waals surface area contributed by atoms with Gasteiger partial charge in [-0.3, -0.25) is 9.48 Å². The molecular weight excluding hydrogens is 565 g/mol. The van der Waals surface area contributed by atoms with E-state index >= 15 is 0 Å². The van der Waals surface area contributed by atoms with Crippen molar-refractivity contribution in [3.8, 4) is 0 Å². The Bertz CT molecular complexity index is 1300. The van der Waals surface area contributed by atoms with Gasteiger partial charge in [0.05, 0.1) is 24.1 Å². The minimum absolute atomic E-state index is 0.139. The number of carbonyl (C=O) groups is 2. The molecule has 0 saturated heterocycles. The number of ether oxygens (including phenoxy) is 1. The standard InChI is InChI=1S/C23H24Cl3N5O3S2/c1-5-30(6-2)21(32)18-12(3)17(22(33)34-4)20(36-18)28-23(35)27-19-16(26)11-31(29-19)10-13-7-8-14(24)9-15(13)25/h7-9,11H,5-6,10H2,1-4H3,(H2,27,28,29,35). The molecular formula is C23H24Cl3N5O3S2. The molecule has 2 N–H and O–H groups in total. The summed E-state index contributed by atoms with van der Waals surface area (Å²) in [6.07, 6.45) is 1.63. The van der Waals surface area contributed by atoms with E-state index < -0.39 is 5.97 Å². The molecule has 2 aromatic heterocycles. The smallest absolute Gasteiger partial charge is 0.341 e. The molecule has 0 atom stereocenters. The number of nitrogens with zero attached hydrogens (tertiary/aromatic N) is 3. The van der Waals surface area contributed by atoms with Crippen LogP contribution in [-0.2, 0) is 11.3 Å². The van der Waals surface area contributed by atoms with Crippen LogP contribution < -0.4 is 10.6 Å². The van der Waals surface area contributed by atoms with Gasteiger partial charge in [0.1, 0.15) is 10.0 Å². The number of rotatable bonds is 8. The Morgan fingerprint density at radius 2 is 1.86 bits per heavy atom. The Morgan fingerprint density at radius 3 is 2.47 bits per heavy atom. The van der Waals surface area contributed by atoms with Crippen molar-refractivity contribution in [3.05, 3.63) is 61.0 Å². The third kappa shape index (κ3) is 6.30. The van der Waals surface area contributed by atoms with Gasteiger partial charge in [-0.2, -0.15) is 5.10 Å². The first-order valence-corrected chi connectivity index (χ1v) is 13.2. The van der Waals surface area contributed by atoms with E-state index in [2.05, 4.69) is 15.7 Å². The fourth-order valence-corrected chi connectivity index (χ4v) is 5.53. The summed E-state index contributed by atoms with van der Waals surface area (Å²) in [6.45, 7) is 6.96. The predicted molar refractivity (Wildman–Crippen MR) is 150 cm³/mol. The number of hydrogen-bond donors (Lipinski definition) is 2. The van der Waals surface area contributed by atoms with Crippen LogP contribution in [0.1, 0.15) is 45.0 Å². The van der Waals surface area contributed by atoms with Crippen LogP contribution in [0.2, 0.25) is 15.1 Å². The van der Waals surface area contributed by atoms with Gasteiger partial charge >= 0.3 is 5.97 Å². The largest absolute Gasteiger partial charge is 0.465 e. The second kappa shape index (κ2) is 12.2. The summed E-state index contributed by atoms with van der Waals surface area (Å²) in [6, 6.07) is 5.21. The Morgan fingerprint density at radius 1 is 1.17 bits per heavy atom. The lowest BCUT2D eigenvalue weighted by atomic mass is 10.1. The van der Waals surface area contributed by atoms with Crippen molar-refractivity contribution < 1.29 is 14.3 Å². The molecule has 0 aliphatic heterocycles. The first kappa shape index (κ1) is 28.2. The van der Waals surface area contributed by atoms with Gasteiger partial charge in [0.2, 0.25) is 0 Å². The van der Waals surface area contributed by atoms with Gasteiger partial charge in [-0.1, -0.05) is 40.9 Å². The van der Waals surface area contributed by atoms with Crippen LogP contribution in [-0.4, -0.2) is 51.9 Å². The van der Waals surface area contributed by atoms with E-state index in [4.69, 9.17) is 51.8 Å². The first-order chi connectivity index (χ1) is 17.1. The highest BCUT2D eigenvalue weighted by molar-refractivity contribution is 7.80. The number of methoxy groups -OCH3 is 1. The number of halogens is 3. The van der Waals surface area contributed by atoms with Crippen LogP contribution in [0.5, 0.6) is 0 Å². The van der Waals surface area contributed by atoms with Crippen LogP contribution >= 0.6 is 58.4 Å².